The minimum absolute atomic E-state index is 0.244. The average Bonchev–Trinajstić information content (AvgIpc) is 2.93. The van der Waals surface area contributed by atoms with Gasteiger partial charge in [0, 0.05) is 18.3 Å². The zero-order valence-corrected chi connectivity index (χ0v) is 12.9. The molecule has 0 fully saturated rings. The summed E-state index contributed by atoms with van der Waals surface area (Å²) in [6, 6.07) is 9.76. The molecule has 3 N–H and O–H groups in total. The molecule has 3 heterocycles. The molecule has 7 nitrogen and oxygen atoms in total. The summed E-state index contributed by atoms with van der Waals surface area (Å²) >= 11 is 0. The van der Waals surface area contributed by atoms with E-state index in [1.165, 1.54) is 0 Å². The second-order valence-corrected chi connectivity index (χ2v) is 5.63. The predicted octanol–water partition coefficient (Wildman–Crippen LogP) is 1.61. The third-order valence-corrected chi connectivity index (χ3v) is 4.01. The second kappa shape index (κ2) is 5.77. The molecule has 0 atom stereocenters. The van der Waals surface area contributed by atoms with Crippen molar-refractivity contribution in [3.63, 3.8) is 0 Å². The van der Waals surface area contributed by atoms with Crippen molar-refractivity contribution in [3.8, 4) is 0 Å². The maximum Gasteiger partial charge on any atom is 0.328 e. The van der Waals surface area contributed by atoms with E-state index in [2.05, 4.69) is 19.9 Å². The van der Waals surface area contributed by atoms with Gasteiger partial charge in [0.05, 0.1) is 6.54 Å². The summed E-state index contributed by atoms with van der Waals surface area (Å²) in [6.45, 7) is 1.13. The van der Waals surface area contributed by atoms with Crippen molar-refractivity contribution in [2.45, 2.75) is 13.0 Å². The molecule has 4 rings (SSSR count). The first-order chi connectivity index (χ1) is 11.7. The number of imidazole rings is 1. The molecule has 0 saturated carbocycles. The lowest BCUT2D eigenvalue weighted by atomic mass is 10.1. The zero-order chi connectivity index (χ0) is 16.5. The van der Waals surface area contributed by atoms with E-state index >= 15 is 0 Å². The number of benzene rings is 1. The Kier molecular flexibility index (Phi) is 3.45. The van der Waals surface area contributed by atoms with Crippen molar-refractivity contribution < 1.29 is 0 Å². The van der Waals surface area contributed by atoms with Crippen LogP contribution in [0.25, 0.3) is 16.7 Å². The molecule has 3 aromatic rings. The van der Waals surface area contributed by atoms with Crippen molar-refractivity contribution in [2.24, 2.45) is 4.99 Å². The fraction of sp³-hybridized carbons (Fsp3) is 0.176. The van der Waals surface area contributed by atoms with E-state index in [0.29, 0.717) is 30.1 Å². The Hall–Kier alpha value is -3.22. The second-order valence-electron chi connectivity index (χ2n) is 5.63. The largest absolute Gasteiger partial charge is 0.382 e. The standard InChI is InChI=1S/C17H16N6O/c18-14-13-16(22-15(21-14)12-6-8-19-9-7-12)23(17(24)20-13)10-11-4-2-1-3-5-11/h1-6,8H,7,9-10H2,(H,20,24)(H2,18,21,22). The van der Waals surface area contributed by atoms with Crippen LogP contribution in [0.5, 0.6) is 0 Å². The summed E-state index contributed by atoms with van der Waals surface area (Å²) in [4.78, 5) is 28.2. The first-order valence-corrected chi connectivity index (χ1v) is 7.71. The summed E-state index contributed by atoms with van der Waals surface area (Å²) < 4.78 is 1.59. The van der Waals surface area contributed by atoms with Crippen molar-refractivity contribution in [1.82, 2.24) is 19.5 Å². The molecule has 2 aromatic heterocycles. The highest BCUT2D eigenvalue weighted by atomic mass is 16.1. The van der Waals surface area contributed by atoms with Crippen LogP contribution in [0.15, 0.2) is 46.2 Å². The van der Waals surface area contributed by atoms with Crippen LogP contribution in [-0.4, -0.2) is 32.3 Å². The molecule has 1 aliphatic heterocycles. The fourth-order valence-electron chi connectivity index (χ4n) is 2.78. The normalized spacial score (nSPS) is 14.1. The number of aliphatic imine (C=N–C) groups is 1. The van der Waals surface area contributed by atoms with Gasteiger partial charge >= 0.3 is 5.69 Å². The lowest BCUT2D eigenvalue weighted by Gasteiger charge is -2.09. The average molecular weight is 320 g/mol. The minimum Gasteiger partial charge on any atom is -0.382 e. The van der Waals surface area contributed by atoms with E-state index in [9.17, 15) is 4.79 Å². The number of nitrogens with zero attached hydrogens (tertiary/aromatic N) is 4. The Balaban J connectivity index is 1.86. The maximum absolute atomic E-state index is 12.3. The Labute approximate surface area is 137 Å². The SMILES string of the molecule is Nc1nc(C2=CC=NCC2)nc2c1[nH]c(=O)n2Cc1ccccc1. The van der Waals surface area contributed by atoms with Gasteiger partial charge in [0.2, 0.25) is 0 Å². The van der Waals surface area contributed by atoms with E-state index in [1.807, 2.05) is 36.4 Å². The first-order valence-electron chi connectivity index (χ1n) is 7.71. The number of dihydropyridines is 1. The van der Waals surface area contributed by atoms with Crippen LogP contribution in [0.4, 0.5) is 5.82 Å². The van der Waals surface area contributed by atoms with Gasteiger partial charge < -0.3 is 10.7 Å². The predicted molar refractivity (Wildman–Crippen MR) is 94.1 cm³/mol. The molecule has 1 aromatic carbocycles. The Morgan fingerprint density at radius 1 is 1.21 bits per heavy atom. The van der Waals surface area contributed by atoms with Gasteiger partial charge in [-0.15, -0.1) is 0 Å². The molecule has 24 heavy (non-hydrogen) atoms. The molecule has 0 radical (unpaired) electrons. The Morgan fingerprint density at radius 2 is 2.04 bits per heavy atom. The van der Waals surface area contributed by atoms with E-state index < -0.39 is 0 Å². The van der Waals surface area contributed by atoms with Crippen molar-refractivity contribution in [2.75, 3.05) is 12.3 Å². The number of hydrogen-bond donors (Lipinski definition) is 2. The number of aromatic nitrogens is 4. The highest BCUT2D eigenvalue weighted by Gasteiger charge is 2.16. The topological polar surface area (TPSA) is 102 Å². The lowest BCUT2D eigenvalue weighted by Crippen LogP contribution is -2.17. The fourth-order valence-corrected chi connectivity index (χ4v) is 2.78. The summed E-state index contributed by atoms with van der Waals surface area (Å²) in [5.41, 5.74) is 8.79. The smallest absolute Gasteiger partial charge is 0.328 e. The molecular formula is C17H16N6O. The molecule has 1 aliphatic rings. The lowest BCUT2D eigenvalue weighted by molar-refractivity contribution is 0.776. The van der Waals surface area contributed by atoms with Gasteiger partial charge in [-0.1, -0.05) is 30.3 Å². The van der Waals surface area contributed by atoms with Gasteiger partial charge in [0.25, 0.3) is 0 Å². The van der Waals surface area contributed by atoms with Crippen LogP contribution in [-0.2, 0) is 6.54 Å². The number of H-pyrrole nitrogens is 1. The summed E-state index contributed by atoms with van der Waals surface area (Å²) in [7, 11) is 0. The van der Waals surface area contributed by atoms with Crippen LogP contribution >= 0.6 is 0 Å². The monoisotopic (exact) mass is 320 g/mol. The number of fused-ring (bicyclic) bond motifs is 1. The maximum atomic E-state index is 12.3. The van der Waals surface area contributed by atoms with Gasteiger partial charge in [0.1, 0.15) is 5.52 Å². The minimum atomic E-state index is -0.244. The van der Waals surface area contributed by atoms with Crippen molar-refractivity contribution in [3.05, 3.63) is 58.3 Å². The number of aromatic amines is 1. The number of allylic oxidation sites excluding steroid dienone is 1. The third kappa shape index (κ3) is 2.50. The van der Waals surface area contributed by atoms with E-state index in [1.54, 1.807) is 10.8 Å². The van der Waals surface area contributed by atoms with E-state index in [-0.39, 0.29) is 11.5 Å². The summed E-state index contributed by atoms with van der Waals surface area (Å²) in [5, 5.41) is 0. The number of nitrogens with two attached hydrogens (primary N) is 1. The molecular weight excluding hydrogens is 304 g/mol. The van der Waals surface area contributed by atoms with Gasteiger partial charge in [-0.25, -0.2) is 14.8 Å². The van der Waals surface area contributed by atoms with Gasteiger partial charge in [-0.3, -0.25) is 9.56 Å². The molecule has 7 heteroatoms. The molecule has 0 spiro atoms. The molecule has 120 valence electrons. The molecule has 0 aliphatic carbocycles. The Bertz CT molecular complexity index is 1010. The van der Waals surface area contributed by atoms with Crippen LogP contribution in [0, 0.1) is 0 Å². The Morgan fingerprint density at radius 3 is 2.79 bits per heavy atom. The van der Waals surface area contributed by atoms with Crippen molar-refractivity contribution >= 4 is 28.8 Å². The highest BCUT2D eigenvalue weighted by molar-refractivity contribution is 5.88. The van der Waals surface area contributed by atoms with Gasteiger partial charge in [-0.2, -0.15) is 0 Å². The molecule has 0 bridgehead atoms. The van der Waals surface area contributed by atoms with E-state index in [4.69, 9.17) is 5.73 Å². The summed E-state index contributed by atoms with van der Waals surface area (Å²) in [6.07, 6.45) is 4.39. The highest BCUT2D eigenvalue weighted by Crippen LogP contribution is 2.22. The molecule has 0 saturated heterocycles. The zero-order valence-electron chi connectivity index (χ0n) is 12.9. The molecule has 0 unspecified atom stereocenters. The molecule has 0 amide bonds. The van der Waals surface area contributed by atoms with Gasteiger partial charge in [0.15, 0.2) is 17.3 Å². The van der Waals surface area contributed by atoms with Crippen LogP contribution < -0.4 is 11.4 Å². The van der Waals surface area contributed by atoms with Crippen LogP contribution in [0.2, 0.25) is 0 Å². The van der Waals surface area contributed by atoms with Crippen LogP contribution in [0.3, 0.4) is 0 Å². The third-order valence-electron chi connectivity index (χ3n) is 4.01. The quantitative estimate of drug-likeness (QED) is 0.765. The number of anilines is 1. The number of rotatable bonds is 3. The van der Waals surface area contributed by atoms with E-state index in [0.717, 1.165) is 17.6 Å². The van der Waals surface area contributed by atoms with Crippen LogP contribution in [0.1, 0.15) is 17.8 Å². The first kappa shape index (κ1) is 14.4. The number of nitrogen functional groups attached to an aromatic ring is 1. The van der Waals surface area contributed by atoms with Gasteiger partial charge in [-0.05, 0) is 18.1 Å². The number of hydrogen-bond acceptors (Lipinski definition) is 5. The summed E-state index contributed by atoms with van der Waals surface area (Å²) in [5.74, 6) is 0.828. The number of nitrogens with one attached hydrogen (secondary N) is 1. The van der Waals surface area contributed by atoms with Crippen molar-refractivity contribution in [1.29, 1.82) is 0 Å².